The smallest absolute Gasteiger partial charge is 0.406 e. The molecule has 1 fully saturated rings. The van der Waals surface area contributed by atoms with Crippen molar-refractivity contribution in [1.29, 1.82) is 0 Å². The van der Waals surface area contributed by atoms with Crippen LogP contribution < -0.4 is 15.4 Å². The molecular weight excluding hydrogens is 363 g/mol. The molecule has 1 aromatic carbocycles. The summed E-state index contributed by atoms with van der Waals surface area (Å²) < 4.78 is 40.2. The summed E-state index contributed by atoms with van der Waals surface area (Å²) in [5.41, 5.74) is 0.269. The minimum absolute atomic E-state index is 0.000464. The Balaban J connectivity index is 1.76. The van der Waals surface area contributed by atoms with Gasteiger partial charge in [0, 0.05) is 31.2 Å². The van der Waals surface area contributed by atoms with Crippen LogP contribution in [0, 0.1) is 0 Å². The zero-order valence-corrected chi connectivity index (χ0v) is 15.1. The number of nitrogens with zero attached hydrogens (tertiary/aromatic N) is 1. The molecule has 2 amide bonds. The van der Waals surface area contributed by atoms with E-state index in [1.165, 1.54) is 12.1 Å². The summed E-state index contributed by atoms with van der Waals surface area (Å²) in [5.74, 6) is -0.707. The van der Waals surface area contributed by atoms with Gasteiger partial charge in [0.15, 0.2) is 0 Å². The molecule has 0 unspecified atom stereocenters. The maximum absolute atomic E-state index is 12.2. The van der Waals surface area contributed by atoms with Gasteiger partial charge in [0.05, 0.1) is 6.54 Å². The number of rotatable bonds is 7. The van der Waals surface area contributed by atoms with Crippen LogP contribution in [0.1, 0.15) is 36.5 Å². The lowest BCUT2D eigenvalue weighted by Crippen LogP contribution is -2.47. The summed E-state index contributed by atoms with van der Waals surface area (Å²) in [4.78, 5) is 26.0. The van der Waals surface area contributed by atoms with Crippen LogP contribution in [0.15, 0.2) is 24.3 Å². The van der Waals surface area contributed by atoms with Gasteiger partial charge >= 0.3 is 6.36 Å². The van der Waals surface area contributed by atoms with E-state index in [4.69, 9.17) is 0 Å². The maximum atomic E-state index is 12.2. The number of ether oxygens (including phenoxy) is 1. The Morgan fingerprint density at radius 3 is 2.37 bits per heavy atom. The van der Waals surface area contributed by atoms with E-state index >= 15 is 0 Å². The number of alkyl halides is 3. The number of hydrogen-bond donors (Lipinski definition) is 2. The summed E-state index contributed by atoms with van der Waals surface area (Å²) in [6.45, 7) is 4.40. The van der Waals surface area contributed by atoms with E-state index in [2.05, 4.69) is 15.4 Å². The molecule has 2 rings (SSSR count). The van der Waals surface area contributed by atoms with E-state index in [0.717, 1.165) is 18.6 Å². The molecule has 2 N–H and O–H groups in total. The molecule has 150 valence electrons. The van der Waals surface area contributed by atoms with Crippen LogP contribution in [0.4, 0.5) is 13.2 Å². The zero-order valence-electron chi connectivity index (χ0n) is 15.1. The van der Waals surface area contributed by atoms with E-state index in [9.17, 15) is 22.8 Å². The lowest BCUT2D eigenvalue weighted by atomic mass is 10.0. The third-order valence-electron chi connectivity index (χ3n) is 4.21. The number of benzene rings is 1. The van der Waals surface area contributed by atoms with Gasteiger partial charge in [-0.15, -0.1) is 13.2 Å². The average molecular weight is 387 g/mol. The molecule has 0 bridgehead atoms. The van der Waals surface area contributed by atoms with Crippen molar-refractivity contribution in [2.45, 2.75) is 38.6 Å². The van der Waals surface area contributed by atoms with E-state index in [0.29, 0.717) is 39.0 Å². The monoisotopic (exact) mass is 387 g/mol. The highest BCUT2D eigenvalue weighted by Crippen LogP contribution is 2.22. The Labute approximate surface area is 156 Å². The van der Waals surface area contributed by atoms with E-state index in [1.54, 1.807) is 0 Å². The zero-order chi connectivity index (χ0) is 19.9. The molecule has 0 radical (unpaired) electrons. The fraction of sp³-hybridized carbons (Fsp3) is 0.556. The molecule has 0 spiro atoms. The number of carbonyl (C=O) groups excluding carboxylic acids is 2. The van der Waals surface area contributed by atoms with Crippen molar-refractivity contribution in [3.05, 3.63) is 29.8 Å². The van der Waals surface area contributed by atoms with Crippen molar-refractivity contribution in [3.63, 3.8) is 0 Å². The van der Waals surface area contributed by atoms with E-state index in [1.807, 2.05) is 11.8 Å². The van der Waals surface area contributed by atoms with Gasteiger partial charge in [-0.2, -0.15) is 0 Å². The lowest BCUT2D eigenvalue weighted by Gasteiger charge is -2.31. The number of halogens is 3. The standard InChI is InChI=1S/C18H24F3N3O3/c1-2-9-22-16(25)12-24-10-7-14(8-11-24)23-17(26)13-3-5-15(6-4-13)27-18(19,20)21/h3-6,14H,2,7-12H2,1H3,(H,22,25)(H,23,26). The Bertz CT molecular complexity index is 627. The molecule has 1 heterocycles. The molecule has 6 nitrogen and oxygen atoms in total. The van der Waals surface area contributed by atoms with Crippen LogP contribution in [0.3, 0.4) is 0 Å². The van der Waals surface area contributed by atoms with Gasteiger partial charge in [-0.05, 0) is 43.5 Å². The second-order valence-corrected chi connectivity index (χ2v) is 6.45. The van der Waals surface area contributed by atoms with Crippen molar-refractivity contribution in [1.82, 2.24) is 15.5 Å². The van der Waals surface area contributed by atoms with Crippen LogP contribution in [0.25, 0.3) is 0 Å². The van der Waals surface area contributed by atoms with Crippen molar-refractivity contribution >= 4 is 11.8 Å². The molecule has 0 atom stereocenters. The first-order valence-electron chi connectivity index (χ1n) is 8.92. The summed E-state index contributed by atoms with van der Waals surface area (Å²) in [6, 6.07) is 4.78. The fourth-order valence-corrected chi connectivity index (χ4v) is 2.84. The van der Waals surface area contributed by atoms with Crippen LogP contribution in [-0.2, 0) is 4.79 Å². The Kier molecular flexibility index (Phi) is 7.46. The largest absolute Gasteiger partial charge is 0.573 e. The van der Waals surface area contributed by atoms with Gasteiger partial charge in [0.2, 0.25) is 5.91 Å². The van der Waals surface area contributed by atoms with Crippen LogP contribution >= 0.6 is 0 Å². The van der Waals surface area contributed by atoms with Gasteiger partial charge in [-0.3, -0.25) is 14.5 Å². The minimum Gasteiger partial charge on any atom is -0.406 e. The predicted molar refractivity (Wildman–Crippen MR) is 93.4 cm³/mol. The second kappa shape index (κ2) is 9.59. The van der Waals surface area contributed by atoms with Gasteiger partial charge < -0.3 is 15.4 Å². The van der Waals surface area contributed by atoms with Crippen molar-refractivity contribution in [2.75, 3.05) is 26.2 Å². The van der Waals surface area contributed by atoms with Gasteiger partial charge in [0.25, 0.3) is 5.91 Å². The molecule has 1 saturated heterocycles. The predicted octanol–water partition coefficient (Wildman–Crippen LogP) is 2.31. The Morgan fingerprint density at radius 2 is 1.81 bits per heavy atom. The summed E-state index contributed by atoms with van der Waals surface area (Å²) in [7, 11) is 0. The number of carbonyl (C=O) groups is 2. The van der Waals surface area contributed by atoms with Crippen LogP contribution in [0.2, 0.25) is 0 Å². The van der Waals surface area contributed by atoms with Crippen molar-refractivity contribution in [3.8, 4) is 5.75 Å². The molecule has 1 aliphatic heterocycles. The molecular formula is C18H24F3N3O3. The second-order valence-electron chi connectivity index (χ2n) is 6.45. The summed E-state index contributed by atoms with van der Waals surface area (Å²) in [5, 5.41) is 5.71. The van der Waals surface area contributed by atoms with Crippen LogP contribution in [-0.4, -0.2) is 55.3 Å². The number of amides is 2. The molecule has 1 aliphatic rings. The minimum atomic E-state index is -4.76. The van der Waals surface area contributed by atoms with Crippen molar-refractivity contribution < 1.29 is 27.5 Å². The molecule has 1 aromatic rings. The quantitative estimate of drug-likeness (QED) is 0.753. The summed E-state index contributed by atoms with van der Waals surface area (Å²) >= 11 is 0. The first-order chi connectivity index (χ1) is 12.8. The Morgan fingerprint density at radius 1 is 1.19 bits per heavy atom. The van der Waals surface area contributed by atoms with Crippen molar-refractivity contribution in [2.24, 2.45) is 0 Å². The molecule has 0 aromatic heterocycles. The number of piperidine rings is 1. The fourth-order valence-electron chi connectivity index (χ4n) is 2.84. The highest BCUT2D eigenvalue weighted by Gasteiger charge is 2.31. The first-order valence-corrected chi connectivity index (χ1v) is 8.92. The van der Waals surface area contributed by atoms with Gasteiger partial charge in [-0.1, -0.05) is 6.92 Å². The van der Waals surface area contributed by atoms with Gasteiger partial charge in [-0.25, -0.2) is 0 Å². The first kappa shape index (κ1) is 21.0. The third-order valence-corrected chi connectivity index (χ3v) is 4.21. The Hall–Kier alpha value is -2.29. The normalized spacial score (nSPS) is 16.0. The van der Waals surface area contributed by atoms with Gasteiger partial charge in [0.1, 0.15) is 5.75 Å². The number of nitrogens with one attached hydrogen (secondary N) is 2. The third kappa shape index (κ3) is 7.46. The number of likely N-dealkylation sites (tertiary alicyclic amines) is 1. The number of hydrogen-bond acceptors (Lipinski definition) is 4. The topological polar surface area (TPSA) is 70.7 Å². The molecule has 0 saturated carbocycles. The van der Waals surface area contributed by atoms with E-state index in [-0.39, 0.29) is 29.2 Å². The highest BCUT2D eigenvalue weighted by atomic mass is 19.4. The average Bonchev–Trinajstić information content (AvgIpc) is 2.61. The molecule has 9 heteroatoms. The van der Waals surface area contributed by atoms with E-state index < -0.39 is 6.36 Å². The van der Waals surface area contributed by atoms with Crippen LogP contribution in [0.5, 0.6) is 5.75 Å². The molecule has 0 aliphatic carbocycles. The lowest BCUT2D eigenvalue weighted by molar-refractivity contribution is -0.274. The maximum Gasteiger partial charge on any atom is 0.573 e. The summed E-state index contributed by atoms with van der Waals surface area (Å²) in [6.07, 6.45) is -2.45. The highest BCUT2D eigenvalue weighted by molar-refractivity contribution is 5.94. The SMILES string of the molecule is CCCNC(=O)CN1CCC(NC(=O)c2ccc(OC(F)(F)F)cc2)CC1. The molecule has 27 heavy (non-hydrogen) atoms.